The van der Waals surface area contributed by atoms with E-state index in [4.69, 9.17) is 5.73 Å². The minimum Gasteiger partial charge on any atom is -0.399 e. The summed E-state index contributed by atoms with van der Waals surface area (Å²) in [6.45, 7) is 8.39. The number of hydrogen-bond donors (Lipinski definition) is 3. The first kappa shape index (κ1) is 26.0. The molecule has 0 aliphatic carbocycles. The molecule has 1 aromatic heterocycles. The number of alkyl halides is 3. The van der Waals surface area contributed by atoms with E-state index in [-0.39, 0.29) is 18.1 Å². The molecule has 4 N–H and O–H groups in total. The first-order valence-electron chi connectivity index (χ1n) is 11.4. The highest BCUT2D eigenvalue weighted by molar-refractivity contribution is 5.61. The first-order chi connectivity index (χ1) is 16.7. The molecule has 1 heterocycles. The molecule has 6 nitrogen and oxygen atoms in total. The minimum atomic E-state index is -4.54. The van der Waals surface area contributed by atoms with Gasteiger partial charge in [0.05, 0.1) is 11.3 Å². The Balaban J connectivity index is 1.78. The summed E-state index contributed by atoms with van der Waals surface area (Å²) in [5.74, 6) is 0.118. The lowest BCUT2D eigenvalue weighted by molar-refractivity contribution is -0.138. The van der Waals surface area contributed by atoms with Crippen molar-refractivity contribution in [2.45, 2.75) is 25.9 Å². The van der Waals surface area contributed by atoms with Crippen molar-refractivity contribution in [3.05, 3.63) is 83.7 Å². The smallest absolute Gasteiger partial charge is 0.399 e. The van der Waals surface area contributed by atoms with Crippen LogP contribution >= 0.6 is 0 Å². The van der Waals surface area contributed by atoms with Gasteiger partial charge < -0.3 is 21.3 Å². The van der Waals surface area contributed by atoms with Crippen molar-refractivity contribution in [3.8, 4) is 0 Å². The number of nitrogens with zero attached hydrogens (tertiary/aromatic N) is 3. The van der Waals surface area contributed by atoms with Crippen LogP contribution in [0.2, 0.25) is 0 Å². The van der Waals surface area contributed by atoms with Crippen molar-refractivity contribution in [2.75, 3.05) is 36.9 Å². The number of nitrogens with two attached hydrogens (primary N) is 1. The molecule has 0 fully saturated rings. The molecule has 0 saturated heterocycles. The molecule has 186 valence electrons. The van der Waals surface area contributed by atoms with Gasteiger partial charge in [0, 0.05) is 42.9 Å². The van der Waals surface area contributed by atoms with Crippen molar-refractivity contribution < 1.29 is 13.2 Å². The first-order valence-corrected chi connectivity index (χ1v) is 11.4. The lowest BCUT2D eigenvalue weighted by Gasteiger charge is -2.23. The highest BCUT2D eigenvalue weighted by atomic mass is 19.4. The normalized spacial score (nSPS) is 11.3. The van der Waals surface area contributed by atoms with Crippen LogP contribution in [0.3, 0.4) is 0 Å². The van der Waals surface area contributed by atoms with Crippen molar-refractivity contribution in [1.29, 1.82) is 0 Å². The summed E-state index contributed by atoms with van der Waals surface area (Å²) >= 11 is 0. The van der Waals surface area contributed by atoms with Gasteiger partial charge >= 0.3 is 6.18 Å². The topological polar surface area (TPSA) is 79.1 Å². The van der Waals surface area contributed by atoms with Crippen molar-refractivity contribution >= 4 is 23.0 Å². The fourth-order valence-electron chi connectivity index (χ4n) is 3.70. The molecule has 0 amide bonds. The van der Waals surface area contributed by atoms with Crippen LogP contribution in [-0.4, -0.2) is 36.6 Å². The van der Waals surface area contributed by atoms with E-state index in [1.54, 1.807) is 0 Å². The largest absolute Gasteiger partial charge is 0.419 e. The van der Waals surface area contributed by atoms with Gasteiger partial charge in [0.15, 0.2) is 0 Å². The third-order valence-electron chi connectivity index (χ3n) is 5.62. The summed E-state index contributed by atoms with van der Waals surface area (Å²) in [6.07, 6.45) is -3.23. The summed E-state index contributed by atoms with van der Waals surface area (Å²) in [5, 5.41) is 6.16. The van der Waals surface area contributed by atoms with Gasteiger partial charge in [-0.15, -0.1) is 0 Å². The molecule has 0 atom stereocenters. The van der Waals surface area contributed by atoms with Crippen LogP contribution in [0.25, 0.3) is 5.70 Å². The van der Waals surface area contributed by atoms with Crippen LogP contribution in [0.4, 0.5) is 30.5 Å². The van der Waals surface area contributed by atoms with Gasteiger partial charge in [-0.05, 0) is 68.3 Å². The zero-order valence-corrected chi connectivity index (χ0v) is 20.0. The fraction of sp³-hybridized carbons (Fsp3) is 0.308. The summed E-state index contributed by atoms with van der Waals surface area (Å²) in [5.41, 5.74) is 8.61. The number of benzene rings is 2. The quantitative estimate of drug-likeness (QED) is 0.356. The summed E-state index contributed by atoms with van der Waals surface area (Å²) in [4.78, 5) is 10.4. The highest BCUT2D eigenvalue weighted by Crippen LogP contribution is 2.32. The Hall–Kier alpha value is -3.59. The van der Waals surface area contributed by atoms with E-state index >= 15 is 0 Å². The summed E-state index contributed by atoms with van der Waals surface area (Å²) in [6, 6.07) is 14.9. The van der Waals surface area contributed by atoms with Crippen LogP contribution < -0.4 is 21.3 Å². The van der Waals surface area contributed by atoms with Gasteiger partial charge in [-0.1, -0.05) is 24.8 Å². The SMILES string of the molecule is C=C(N)c1cccc(CCc2nc(Nc3ccc(N(CC)CCNC)cc3)ncc2C(F)(F)F)c1. The second-order valence-electron chi connectivity index (χ2n) is 8.13. The van der Waals surface area contributed by atoms with Crippen LogP contribution in [0.15, 0.2) is 61.3 Å². The number of hydrogen-bond acceptors (Lipinski definition) is 6. The van der Waals surface area contributed by atoms with E-state index in [0.717, 1.165) is 42.6 Å². The average molecular weight is 485 g/mol. The Morgan fingerprint density at radius 3 is 2.49 bits per heavy atom. The molecule has 0 radical (unpaired) electrons. The Bertz CT molecular complexity index is 1130. The molecule has 0 aliphatic heterocycles. The van der Waals surface area contributed by atoms with Crippen LogP contribution in [0, 0.1) is 0 Å². The Kier molecular flexibility index (Phi) is 8.70. The molecule has 0 aliphatic rings. The molecule has 2 aromatic carbocycles. The Labute approximate surface area is 204 Å². The standard InChI is InChI=1S/C26H31F3N6/c1-4-35(15-14-31-3)22-11-9-21(10-12-22)33-25-32-17-23(26(27,28)29)24(34-25)13-8-19-6-5-7-20(16-19)18(2)30/h5-7,9-12,16-17,31H,2,4,8,13-15,30H2,1,3H3,(H,32,33,34). The predicted octanol–water partition coefficient (Wildman–Crippen LogP) is 5.00. The molecule has 3 rings (SSSR count). The van der Waals surface area contributed by atoms with Gasteiger partial charge in [0.2, 0.25) is 5.95 Å². The molecular weight excluding hydrogens is 453 g/mol. The average Bonchev–Trinajstić information content (AvgIpc) is 2.83. The molecule has 0 bridgehead atoms. The molecular formula is C26H31F3N6. The zero-order chi connectivity index (χ0) is 25.4. The number of halogens is 3. The third kappa shape index (κ3) is 7.19. The number of likely N-dealkylation sites (N-methyl/N-ethyl adjacent to an activating group) is 2. The van der Waals surface area contributed by atoms with Gasteiger partial charge in [0.25, 0.3) is 0 Å². The molecule has 9 heteroatoms. The van der Waals surface area contributed by atoms with E-state index in [1.807, 2.05) is 55.6 Å². The van der Waals surface area contributed by atoms with Gasteiger partial charge in [-0.25, -0.2) is 9.97 Å². The second-order valence-corrected chi connectivity index (χ2v) is 8.13. The number of nitrogens with one attached hydrogen (secondary N) is 2. The highest BCUT2D eigenvalue weighted by Gasteiger charge is 2.34. The lowest BCUT2D eigenvalue weighted by atomic mass is 10.0. The van der Waals surface area contributed by atoms with Gasteiger partial charge in [0.1, 0.15) is 0 Å². The maximum atomic E-state index is 13.6. The van der Waals surface area contributed by atoms with Crippen molar-refractivity contribution in [2.24, 2.45) is 5.73 Å². The van der Waals surface area contributed by atoms with Gasteiger partial charge in [-0.3, -0.25) is 0 Å². The molecule has 0 saturated carbocycles. The molecule has 3 aromatic rings. The van der Waals surface area contributed by atoms with E-state index in [2.05, 4.69) is 39.0 Å². The maximum Gasteiger partial charge on any atom is 0.419 e. The number of rotatable bonds is 11. The van der Waals surface area contributed by atoms with E-state index in [0.29, 0.717) is 17.8 Å². The summed E-state index contributed by atoms with van der Waals surface area (Å²) in [7, 11) is 1.91. The predicted molar refractivity (Wildman–Crippen MR) is 136 cm³/mol. The van der Waals surface area contributed by atoms with E-state index in [9.17, 15) is 13.2 Å². The lowest BCUT2D eigenvalue weighted by Crippen LogP contribution is -2.30. The molecule has 35 heavy (non-hydrogen) atoms. The van der Waals surface area contributed by atoms with Gasteiger partial charge in [-0.2, -0.15) is 13.2 Å². The fourth-order valence-corrected chi connectivity index (χ4v) is 3.70. The molecule has 0 unspecified atom stereocenters. The summed E-state index contributed by atoms with van der Waals surface area (Å²) < 4.78 is 40.8. The number of aromatic nitrogens is 2. The van der Waals surface area contributed by atoms with E-state index in [1.165, 1.54) is 0 Å². The van der Waals surface area contributed by atoms with E-state index < -0.39 is 11.7 Å². The zero-order valence-electron chi connectivity index (χ0n) is 20.0. The van der Waals surface area contributed by atoms with Crippen LogP contribution in [-0.2, 0) is 19.0 Å². The molecule has 0 spiro atoms. The van der Waals surface area contributed by atoms with Crippen molar-refractivity contribution in [3.63, 3.8) is 0 Å². The second kappa shape index (κ2) is 11.7. The number of anilines is 3. The Morgan fingerprint density at radius 1 is 1.11 bits per heavy atom. The van der Waals surface area contributed by atoms with Crippen molar-refractivity contribution in [1.82, 2.24) is 15.3 Å². The third-order valence-corrected chi connectivity index (χ3v) is 5.62. The minimum absolute atomic E-state index is 0.0622. The number of aryl methyl sites for hydroxylation is 2. The monoisotopic (exact) mass is 484 g/mol. The Morgan fingerprint density at radius 2 is 1.86 bits per heavy atom. The maximum absolute atomic E-state index is 13.6. The van der Waals surface area contributed by atoms with Crippen LogP contribution in [0.1, 0.15) is 29.3 Å². The van der Waals surface area contributed by atoms with Crippen LogP contribution in [0.5, 0.6) is 0 Å².